The van der Waals surface area contributed by atoms with Gasteiger partial charge in [0, 0.05) is 11.1 Å². The number of halogens is 1. The highest BCUT2D eigenvalue weighted by Gasteiger charge is 2.08. The molecule has 22 heavy (non-hydrogen) atoms. The Morgan fingerprint density at radius 1 is 1.23 bits per heavy atom. The molecule has 3 aromatic rings. The van der Waals surface area contributed by atoms with E-state index in [9.17, 15) is 4.79 Å². The SMILES string of the molecule is O=c1[nH]c(-c2cccc(OCCO)n2)nc2ccc(Cl)cc12. The molecule has 0 radical (unpaired) electrons. The number of rotatable bonds is 4. The van der Waals surface area contributed by atoms with E-state index in [2.05, 4.69) is 15.0 Å². The van der Waals surface area contributed by atoms with E-state index in [0.717, 1.165) is 0 Å². The predicted molar refractivity (Wildman–Crippen MR) is 83.2 cm³/mol. The van der Waals surface area contributed by atoms with Gasteiger partial charge in [-0.2, -0.15) is 0 Å². The van der Waals surface area contributed by atoms with Crippen LogP contribution in [0.1, 0.15) is 0 Å². The van der Waals surface area contributed by atoms with E-state index in [-0.39, 0.29) is 18.8 Å². The van der Waals surface area contributed by atoms with Gasteiger partial charge in [0.25, 0.3) is 5.56 Å². The smallest absolute Gasteiger partial charge is 0.259 e. The Hall–Kier alpha value is -2.44. The lowest BCUT2D eigenvalue weighted by molar-refractivity contribution is 0.197. The molecule has 0 spiro atoms. The first-order valence-corrected chi connectivity index (χ1v) is 6.96. The molecule has 3 rings (SSSR count). The van der Waals surface area contributed by atoms with Crippen LogP contribution in [0.25, 0.3) is 22.4 Å². The molecule has 0 aliphatic rings. The Kier molecular flexibility index (Phi) is 4.04. The Bertz CT molecular complexity index is 879. The van der Waals surface area contributed by atoms with Crippen LogP contribution in [0.4, 0.5) is 0 Å². The van der Waals surface area contributed by atoms with Gasteiger partial charge >= 0.3 is 0 Å². The van der Waals surface area contributed by atoms with Gasteiger partial charge in [0.05, 0.1) is 17.5 Å². The Morgan fingerprint density at radius 2 is 2.09 bits per heavy atom. The first-order valence-electron chi connectivity index (χ1n) is 6.58. The number of fused-ring (bicyclic) bond motifs is 1. The number of hydrogen-bond acceptors (Lipinski definition) is 5. The Morgan fingerprint density at radius 3 is 2.91 bits per heavy atom. The van der Waals surface area contributed by atoms with Crippen LogP contribution in [0.15, 0.2) is 41.2 Å². The normalized spacial score (nSPS) is 10.8. The molecular formula is C15H12ClN3O3. The maximum Gasteiger partial charge on any atom is 0.259 e. The molecule has 0 saturated carbocycles. The third kappa shape index (κ3) is 2.93. The van der Waals surface area contributed by atoms with Crippen molar-refractivity contribution in [2.24, 2.45) is 0 Å². The van der Waals surface area contributed by atoms with Crippen molar-refractivity contribution in [1.29, 1.82) is 0 Å². The molecule has 0 bridgehead atoms. The number of aromatic nitrogens is 3. The average Bonchev–Trinajstić information content (AvgIpc) is 2.53. The fourth-order valence-electron chi connectivity index (χ4n) is 2.01. The standard InChI is InChI=1S/C15H12ClN3O3/c16-9-4-5-11-10(8-9)15(21)19-14(18-11)12-2-1-3-13(17-12)22-7-6-20/h1-5,8,20H,6-7H2,(H,18,19,21). The summed E-state index contributed by atoms with van der Waals surface area (Å²) in [4.78, 5) is 23.5. The summed E-state index contributed by atoms with van der Waals surface area (Å²) in [5.41, 5.74) is 0.724. The third-order valence-electron chi connectivity index (χ3n) is 2.97. The van der Waals surface area contributed by atoms with Gasteiger partial charge in [-0.1, -0.05) is 17.7 Å². The maximum absolute atomic E-state index is 12.1. The summed E-state index contributed by atoms with van der Waals surface area (Å²) in [7, 11) is 0. The Labute approximate surface area is 130 Å². The number of benzene rings is 1. The number of aliphatic hydroxyl groups is 1. The summed E-state index contributed by atoms with van der Waals surface area (Å²) in [5.74, 6) is 0.694. The van der Waals surface area contributed by atoms with E-state index >= 15 is 0 Å². The number of nitrogens with one attached hydrogen (secondary N) is 1. The zero-order valence-electron chi connectivity index (χ0n) is 11.4. The van der Waals surface area contributed by atoms with Crippen molar-refractivity contribution in [2.75, 3.05) is 13.2 Å². The van der Waals surface area contributed by atoms with Crippen molar-refractivity contribution in [2.45, 2.75) is 0 Å². The highest BCUT2D eigenvalue weighted by molar-refractivity contribution is 6.31. The fraction of sp³-hybridized carbons (Fsp3) is 0.133. The number of hydrogen-bond donors (Lipinski definition) is 2. The average molecular weight is 318 g/mol. The van der Waals surface area contributed by atoms with Gasteiger partial charge in [-0.05, 0) is 24.3 Å². The van der Waals surface area contributed by atoms with Crippen LogP contribution in [0.5, 0.6) is 5.88 Å². The van der Waals surface area contributed by atoms with Crippen molar-refractivity contribution in [1.82, 2.24) is 15.0 Å². The van der Waals surface area contributed by atoms with Crippen LogP contribution in [0.2, 0.25) is 5.02 Å². The zero-order chi connectivity index (χ0) is 15.5. The van der Waals surface area contributed by atoms with E-state index in [4.69, 9.17) is 21.4 Å². The third-order valence-corrected chi connectivity index (χ3v) is 3.21. The summed E-state index contributed by atoms with van der Waals surface area (Å²) in [6, 6.07) is 10.0. The molecule has 2 heterocycles. The minimum absolute atomic E-state index is 0.0995. The van der Waals surface area contributed by atoms with E-state index in [1.807, 2.05) is 0 Å². The lowest BCUT2D eigenvalue weighted by atomic mass is 10.2. The van der Waals surface area contributed by atoms with E-state index in [0.29, 0.717) is 33.3 Å². The highest BCUT2D eigenvalue weighted by atomic mass is 35.5. The van der Waals surface area contributed by atoms with Crippen molar-refractivity contribution < 1.29 is 9.84 Å². The first kappa shape index (κ1) is 14.5. The highest BCUT2D eigenvalue weighted by Crippen LogP contribution is 2.19. The molecule has 0 aliphatic carbocycles. The van der Waals surface area contributed by atoms with Gasteiger partial charge in [0.15, 0.2) is 5.82 Å². The molecule has 0 unspecified atom stereocenters. The molecule has 7 heteroatoms. The van der Waals surface area contributed by atoms with Gasteiger partial charge in [-0.15, -0.1) is 0 Å². The molecule has 0 aliphatic heterocycles. The number of aromatic amines is 1. The van der Waals surface area contributed by atoms with Gasteiger partial charge in [-0.25, -0.2) is 9.97 Å². The number of H-pyrrole nitrogens is 1. The molecule has 6 nitrogen and oxygen atoms in total. The van der Waals surface area contributed by atoms with Gasteiger partial charge in [0.1, 0.15) is 12.3 Å². The number of pyridine rings is 1. The van der Waals surface area contributed by atoms with Crippen molar-refractivity contribution in [3.63, 3.8) is 0 Å². The number of aliphatic hydroxyl groups excluding tert-OH is 1. The zero-order valence-corrected chi connectivity index (χ0v) is 12.2. The van der Waals surface area contributed by atoms with Crippen LogP contribution in [-0.2, 0) is 0 Å². The summed E-state index contributed by atoms with van der Waals surface area (Å²) >= 11 is 5.89. The van der Waals surface area contributed by atoms with Crippen LogP contribution in [0.3, 0.4) is 0 Å². The second-order valence-electron chi connectivity index (χ2n) is 4.51. The maximum atomic E-state index is 12.1. The monoisotopic (exact) mass is 317 g/mol. The lowest BCUT2D eigenvalue weighted by Crippen LogP contribution is -2.10. The van der Waals surface area contributed by atoms with Crippen molar-refractivity contribution >= 4 is 22.5 Å². The van der Waals surface area contributed by atoms with Crippen molar-refractivity contribution in [3.8, 4) is 17.4 Å². The quantitative estimate of drug-likeness (QED) is 0.768. The van der Waals surface area contributed by atoms with Gasteiger partial charge in [0.2, 0.25) is 5.88 Å². The molecule has 0 fully saturated rings. The number of ether oxygens (including phenoxy) is 1. The van der Waals surface area contributed by atoms with E-state index in [1.165, 1.54) is 0 Å². The van der Waals surface area contributed by atoms with Crippen LogP contribution < -0.4 is 10.3 Å². The van der Waals surface area contributed by atoms with Crippen LogP contribution in [0, 0.1) is 0 Å². The molecule has 2 N–H and O–H groups in total. The predicted octanol–water partition coefficient (Wildman–Crippen LogP) is 2.01. The number of nitrogens with zero attached hydrogens (tertiary/aromatic N) is 2. The molecular weight excluding hydrogens is 306 g/mol. The largest absolute Gasteiger partial charge is 0.475 e. The minimum atomic E-state index is -0.286. The molecule has 1 aromatic carbocycles. The van der Waals surface area contributed by atoms with Crippen molar-refractivity contribution in [3.05, 3.63) is 51.8 Å². The van der Waals surface area contributed by atoms with E-state index < -0.39 is 0 Å². The second kappa shape index (κ2) is 6.13. The van der Waals surface area contributed by atoms with Gasteiger partial charge < -0.3 is 14.8 Å². The Balaban J connectivity index is 2.07. The topological polar surface area (TPSA) is 88.1 Å². The van der Waals surface area contributed by atoms with Gasteiger partial charge in [-0.3, -0.25) is 4.79 Å². The molecule has 0 atom stereocenters. The first-order chi connectivity index (χ1) is 10.7. The summed E-state index contributed by atoms with van der Waals surface area (Å²) in [5, 5.41) is 9.66. The van der Waals surface area contributed by atoms with E-state index in [1.54, 1.807) is 36.4 Å². The van der Waals surface area contributed by atoms with Crippen LogP contribution >= 0.6 is 11.6 Å². The summed E-state index contributed by atoms with van der Waals surface area (Å²) in [6.45, 7) is 0.0499. The van der Waals surface area contributed by atoms with Crippen LogP contribution in [-0.4, -0.2) is 33.3 Å². The molecule has 112 valence electrons. The summed E-state index contributed by atoms with van der Waals surface area (Å²) < 4.78 is 5.25. The fourth-order valence-corrected chi connectivity index (χ4v) is 2.18. The molecule has 0 amide bonds. The second-order valence-corrected chi connectivity index (χ2v) is 4.95. The molecule has 0 saturated heterocycles. The lowest BCUT2D eigenvalue weighted by Gasteiger charge is -2.06. The molecule has 2 aromatic heterocycles. The summed E-state index contributed by atoms with van der Waals surface area (Å²) in [6.07, 6.45) is 0. The minimum Gasteiger partial charge on any atom is -0.475 e.